The third kappa shape index (κ3) is 3.94. The number of likely N-dealkylation sites (tertiary alicyclic amines) is 1. The minimum Gasteiger partial charge on any atom is -0.354 e. The van der Waals surface area contributed by atoms with Crippen LogP contribution < -0.4 is 5.32 Å². The molecule has 0 atom stereocenters. The maximum absolute atomic E-state index is 11.7. The van der Waals surface area contributed by atoms with E-state index < -0.39 is 0 Å². The zero-order chi connectivity index (χ0) is 21.2. The fourth-order valence-corrected chi connectivity index (χ4v) is 4.19. The average molecular weight is 412 g/mol. The van der Waals surface area contributed by atoms with E-state index in [2.05, 4.69) is 62.8 Å². The van der Waals surface area contributed by atoms with E-state index in [0.717, 1.165) is 34.3 Å². The Bertz CT molecular complexity index is 1210. The van der Waals surface area contributed by atoms with Crippen LogP contribution in [0.1, 0.15) is 28.9 Å². The third-order valence-corrected chi connectivity index (χ3v) is 5.91. The van der Waals surface area contributed by atoms with Crippen molar-refractivity contribution in [2.75, 3.05) is 20.1 Å². The number of fused-ring (bicyclic) bond motifs is 1. The molecule has 0 saturated carbocycles. The summed E-state index contributed by atoms with van der Waals surface area (Å²) >= 11 is 0. The molecule has 1 amide bonds. The summed E-state index contributed by atoms with van der Waals surface area (Å²) in [5.74, 6) is -0.185. The predicted molar refractivity (Wildman–Crippen MR) is 122 cm³/mol. The van der Waals surface area contributed by atoms with Crippen molar-refractivity contribution in [1.82, 2.24) is 25.0 Å². The number of rotatable bonds is 5. The molecule has 2 aromatic heterocycles. The Labute approximate surface area is 181 Å². The van der Waals surface area contributed by atoms with E-state index in [9.17, 15) is 4.79 Å². The summed E-state index contributed by atoms with van der Waals surface area (Å²) < 4.78 is 1.98. The van der Waals surface area contributed by atoms with E-state index >= 15 is 0 Å². The molecule has 6 heteroatoms. The Kier molecular flexibility index (Phi) is 5.22. The predicted octanol–water partition coefficient (Wildman–Crippen LogP) is 4.04. The van der Waals surface area contributed by atoms with E-state index in [1.807, 2.05) is 16.9 Å². The average Bonchev–Trinajstić information content (AvgIpc) is 3.49. The van der Waals surface area contributed by atoms with Crippen LogP contribution in [0.2, 0.25) is 0 Å². The number of aromatic nitrogens is 3. The van der Waals surface area contributed by atoms with Gasteiger partial charge in [-0.15, -0.1) is 0 Å². The van der Waals surface area contributed by atoms with Crippen LogP contribution in [0.25, 0.3) is 27.7 Å². The summed E-state index contributed by atoms with van der Waals surface area (Å²) in [7, 11) is 1.60. The van der Waals surface area contributed by atoms with Crippen LogP contribution >= 0.6 is 0 Å². The first kappa shape index (κ1) is 19.5. The van der Waals surface area contributed by atoms with E-state index in [4.69, 9.17) is 0 Å². The Hall–Kier alpha value is -3.51. The SMILES string of the molecule is CNC(=O)c1ccc(-c2ccc3c(cnn3-c3ccc(CN4CCCC4)cc3)c2)cn1. The van der Waals surface area contributed by atoms with Crippen molar-refractivity contribution >= 4 is 16.8 Å². The second-order valence-corrected chi connectivity index (χ2v) is 7.99. The molecule has 1 saturated heterocycles. The lowest BCUT2D eigenvalue weighted by molar-refractivity contribution is 0.0958. The Morgan fingerprint density at radius 3 is 2.45 bits per heavy atom. The molecule has 4 aromatic rings. The Morgan fingerprint density at radius 1 is 0.968 bits per heavy atom. The van der Waals surface area contributed by atoms with Crippen molar-refractivity contribution in [1.29, 1.82) is 0 Å². The number of hydrogen-bond acceptors (Lipinski definition) is 4. The Balaban J connectivity index is 1.38. The van der Waals surface area contributed by atoms with Crippen molar-refractivity contribution in [2.24, 2.45) is 0 Å². The van der Waals surface area contributed by atoms with Gasteiger partial charge in [0.2, 0.25) is 0 Å². The van der Waals surface area contributed by atoms with E-state index in [0.29, 0.717) is 5.69 Å². The molecule has 0 radical (unpaired) electrons. The summed E-state index contributed by atoms with van der Waals surface area (Å²) in [6, 6.07) is 18.6. The number of benzene rings is 2. The summed E-state index contributed by atoms with van der Waals surface area (Å²) in [5.41, 5.74) is 5.89. The van der Waals surface area contributed by atoms with Crippen molar-refractivity contribution in [3.8, 4) is 16.8 Å². The van der Waals surface area contributed by atoms with Crippen LogP contribution in [0.4, 0.5) is 0 Å². The highest BCUT2D eigenvalue weighted by atomic mass is 16.1. The molecule has 0 spiro atoms. The van der Waals surface area contributed by atoms with Crippen molar-refractivity contribution < 1.29 is 4.79 Å². The zero-order valence-corrected chi connectivity index (χ0v) is 17.6. The quantitative estimate of drug-likeness (QED) is 0.538. The fraction of sp³-hybridized carbons (Fsp3) is 0.240. The summed E-state index contributed by atoms with van der Waals surface area (Å²) in [4.78, 5) is 18.5. The molecular formula is C25H25N5O. The number of hydrogen-bond donors (Lipinski definition) is 1. The minimum absolute atomic E-state index is 0.185. The van der Waals surface area contributed by atoms with Gasteiger partial charge >= 0.3 is 0 Å². The molecule has 31 heavy (non-hydrogen) atoms. The van der Waals surface area contributed by atoms with Crippen LogP contribution in [0, 0.1) is 0 Å². The van der Waals surface area contributed by atoms with Gasteiger partial charge in [-0.2, -0.15) is 5.10 Å². The smallest absolute Gasteiger partial charge is 0.269 e. The third-order valence-electron chi connectivity index (χ3n) is 5.91. The molecule has 2 aromatic carbocycles. The lowest BCUT2D eigenvalue weighted by atomic mass is 10.1. The number of carbonyl (C=O) groups is 1. The van der Waals surface area contributed by atoms with Gasteiger partial charge in [0.25, 0.3) is 5.91 Å². The maximum Gasteiger partial charge on any atom is 0.269 e. The van der Waals surface area contributed by atoms with Crippen molar-refractivity contribution in [2.45, 2.75) is 19.4 Å². The van der Waals surface area contributed by atoms with Crippen LogP contribution in [0.3, 0.4) is 0 Å². The lowest BCUT2D eigenvalue weighted by Gasteiger charge is -2.14. The number of nitrogens with one attached hydrogen (secondary N) is 1. The molecule has 3 heterocycles. The van der Waals surface area contributed by atoms with Crippen LogP contribution in [-0.2, 0) is 6.54 Å². The fourth-order valence-electron chi connectivity index (χ4n) is 4.19. The molecule has 156 valence electrons. The molecule has 1 fully saturated rings. The first-order chi connectivity index (χ1) is 15.2. The van der Waals surface area contributed by atoms with Crippen LogP contribution in [0.15, 0.2) is 67.0 Å². The van der Waals surface area contributed by atoms with Gasteiger partial charge in [-0.25, -0.2) is 4.68 Å². The molecule has 0 aliphatic carbocycles. The Morgan fingerprint density at radius 2 is 1.74 bits per heavy atom. The number of amides is 1. The van der Waals surface area contributed by atoms with Gasteiger partial charge < -0.3 is 5.32 Å². The number of pyridine rings is 1. The summed E-state index contributed by atoms with van der Waals surface area (Å²) in [6.45, 7) is 3.44. The zero-order valence-electron chi connectivity index (χ0n) is 17.6. The highest BCUT2D eigenvalue weighted by Crippen LogP contribution is 2.26. The monoisotopic (exact) mass is 411 g/mol. The number of carbonyl (C=O) groups excluding carboxylic acids is 1. The van der Waals surface area contributed by atoms with Gasteiger partial charge in [-0.3, -0.25) is 14.7 Å². The van der Waals surface area contributed by atoms with Crippen molar-refractivity contribution in [3.63, 3.8) is 0 Å². The highest BCUT2D eigenvalue weighted by Gasteiger charge is 2.12. The normalized spacial score (nSPS) is 14.2. The standard InChI is InChI=1S/C25H25N5O/c1-26-25(31)23-10-6-20(15-27-23)19-7-11-24-21(14-19)16-28-30(24)22-8-4-18(5-9-22)17-29-12-2-3-13-29/h4-11,14-16H,2-3,12-13,17H2,1H3,(H,26,31). The molecule has 1 aliphatic rings. The van der Waals surface area contributed by atoms with Crippen molar-refractivity contribution in [3.05, 3.63) is 78.2 Å². The van der Waals surface area contributed by atoms with Gasteiger partial charge in [0.05, 0.1) is 17.4 Å². The molecule has 1 N–H and O–H groups in total. The van der Waals surface area contributed by atoms with Gasteiger partial charge in [0.1, 0.15) is 5.69 Å². The maximum atomic E-state index is 11.7. The largest absolute Gasteiger partial charge is 0.354 e. The summed E-state index contributed by atoms with van der Waals surface area (Å²) in [5, 5.41) is 8.27. The van der Waals surface area contributed by atoms with Crippen LogP contribution in [-0.4, -0.2) is 45.7 Å². The minimum atomic E-state index is -0.185. The molecule has 5 rings (SSSR count). The molecular weight excluding hydrogens is 386 g/mol. The highest BCUT2D eigenvalue weighted by molar-refractivity contribution is 5.92. The topological polar surface area (TPSA) is 63.1 Å². The second kappa shape index (κ2) is 8.32. The molecule has 0 unspecified atom stereocenters. The van der Waals surface area contributed by atoms with Gasteiger partial charge in [0, 0.05) is 30.7 Å². The van der Waals surface area contributed by atoms with Gasteiger partial charge in [0.15, 0.2) is 0 Å². The van der Waals surface area contributed by atoms with Crippen LogP contribution in [0.5, 0.6) is 0 Å². The van der Waals surface area contributed by atoms with E-state index in [-0.39, 0.29) is 5.91 Å². The first-order valence-electron chi connectivity index (χ1n) is 10.7. The molecule has 6 nitrogen and oxygen atoms in total. The van der Waals surface area contributed by atoms with E-state index in [1.165, 1.54) is 31.5 Å². The van der Waals surface area contributed by atoms with Gasteiger partial charge in [-0.05, 0) is 67.4 Å². The van der Waals surface area contributed by atoms with E-state index in [1.54, 1.807) is 19.3 Å². The van der Waals surface area contributed by atoms with Gasteiger partial charge in [-0.1, -0.05) is 24.3 Å². The summed E-state index contributed by atoms with van der Waals surface area (Å²) in [6.07, 6.45) is 6.25. The number of nitrogens with zero attached hydrogens (tertiary/aromatic N) is 4. The second-order valence-electron chi connectivity index (χ2n) is 7.99. The molecule has 1 aliphatic heterocycles. The first-order valence-corrected chi connectivity index (χ1v) is 10.7. The molecule has 0 bridgehead atoms. The lowest BCUT2D eigenvalue weighted by Crippen LogP contribution is -2.18.